The van der Waals surface area contributed by atoms with Crippen LogP contribution in [-0.2, 0) is 29.2 Å². The van der Waals surface area contributed by atoms with E-state index in [1.165, 1.54) is 39.0 Å². The van der Waals surface area contributed by atoms with E-state index in [-0.39, 0.29) is 24.8 Å². The topological polar surface area (TPSA) is 0 Å². The molecule has 34 heavy (non-hydrogen) atoms. The Hall–Kier alpha value is -2.31. The van der Waals surface area contributed by atoms with E-state index in [4.69, 9.17) is 0 Å². The van der Waals surface area contributed by atoms with Crippen LogP contribution in [0.1, 0.15) is 34.2 Å². The van der Waals surface area contributed by atoms with Crippen molar-refractivity contribution in [3.8, 4) is 11.1 Å². The Morgan fingerprint density at radius 2 is 1.24 bits per heavy atom. The van der Waals surface area contributed by atoms with E-state index in [9.17, 15) is 0 Å². The molecular weight excluding hydrogens is 534 g/mol. The van der Waals surface area contributed by atoms with Crippen molar-refractivity contribution in [3.05, 3.63) is 143 Å². The summed E-state index contributed by atoms with van der Waals surface area (Å²) in [6.07, 6.45) is 8.92. The number of rotatable bonds is 4. The van der Waals surface area contributed by atoms with Crippen molar-refractivity contribution in [3.63, 3.8) is 0 Å². The van der Waals surface area contributed by atoms with Crippen molar-refractivity contribution >= 4 is 12.1 Å². The van der Waals surface area contributed by atoms with Gasteiger partial charge in [-0.15, -0.1) is 0 Å². The molecule has 0 aromatic heterocycles. The molecule has 0 amide bonds. The third kappa shape index (κ3) is 4.63. The van der Waals surface area contributed by atoms with Gasteiger partial charge in [-0.3, -0.25) is 0 Å². The first-order chi connectivity index (χ1) is 15.9. The van der Waals surface area contributed by atoms with Gasteiger partial charge < -0.3 is 24.8 Å². The molecule has 4 aromatic carbocycles. The van der Waals surface area contributed by atoms with Gasteiger partial charge in [0.1, 0.15) is 0 Å². The molecule has 0 fully saturated rings. The summed E-state index contributed by atoms with van der Waals surface area (Å²) in [5.41, 5.74) is 11.6. The minimum atomic E-state index is -1.12. The Balaban J connectivity index is 0.00000137. The van der Waals surface area contributed by atoms with Crippen molar-refractivity contribution in [2.45, 2.75) is 12.8 Å². The van der Waals surface area contributed by atoms with Crippen LogP contribution in [0.2, 0.25) is 0 Å². The first kappa shape index (κ1) is 24.8. The summed E-state index contributed by atoms with van der Waals surface area (Å²) >= 11 is -1.12. The van der Waals surface area contributed by atoms with Crippen molar-refractivity contribution in [1.82, 2.24) is 0 Å². The van der Waals surface area contributed by atoms with Gasteiger partial charge in [0.05, 0.1) is 0 Å². The number of benzene rings is 4. The predicted octanol–water partition coefficient (Wildman–Crippen LogP) is 0.586. The molecule has 165 valence electrons. The SMILES string of the molecule is C1=CCC(c2ccc3c([c]2[Zr+2]=[C](c2ccccc2)c2ccccc2)Cc2ccccc2-3)=C1.[Cl-].[Cl-]. The van der Waals surface area contributed by atoms with Gasteiger partial charge in [-0.1, -0.05) is 0 Å². The molecule has 2 aliphatic rings. The molecule has 0 atom stereocenters. The van der Waals surface area contributed by atoms with Crippen LogP contribution in [0.4, 0.5) is 0 Å². The van der Waals surface area contributed by atoms with Crippen LogP contribution in [-0.4, -0.2) is 3.21 Å². The molecule has 0 N–H and O–H groups in total. The summed E-state index contributed by atoms with van der Waals surface area (Å²) in [6, 6.07) is 35.8. The molecular formula is C31H23Cl2Zr. The van der Waals surface area contributed by atoms with Crippen LogP contribution in [0.15, 0.2) is 115 Å². The number of hydrogen-bond donors (Lipinski definition) is 0. The fourth-order valence-corrected chi connectivity index (χ4v) is 8.91. The Morgan fingerprint density at radius 3 is 1.88 bits per heavy atom. The van der Waals surface area contributed by atoms with Crippen molar-refractivity contribution in [2.24, 2.45) is 0 Å². The minimum Gasteiger partial charge on any atom is -1.00 e. The molecule has 3 heteroatoms. The zero-order valence-electron chi connectivity index (χ0n) is 18.6. The first-order valence-electron chi connectivity index (χ1n) is 11.2. The summed E-state index contributed by atoms with van der Waals surface area (Å²) in [6.45, 7) is 0. The van der Waals surface area contributed by atoms with Crippen LogP contribution < -0.4 is 28.1 Å². The van der Waals surface area contributed by atoms with Gasteiger partial charge >= 0.3 is 202 Å². The first-order valence-corrected chi connectivity index (χ1v) is 13.7. The standard InChI is InChI=1S/C18H13.C13H10.2ClH.Zr/c1-2-6-13(5-1)14-9-10-18-16(11-14)12-15-7-3-4-8-17(15)18;1-3-7-12(8-4-1)11-13-9-5-2-6-10-13;;;/h1-5,7-10H,6,12H2;1-10H;2*1H;/q;;;;+2/p-2. The maximum atomic E-state index is 2.41. The van der Waals surface area contributed by atoms with Crippen LogP contribution in [0.5, 0.6) is 0 Å². The third-order valence-corrected chi connectivity index (χ3v) is 10.5. The Labute approximate surface area is 225 Å². The normalized spacial score (nSPS) is 12.5. The molecule has 0 unspecified atom stereocenters. The minimum absolute atomic E-state index is 0. The van der Waals surface area contributed by atoms with E-state index >= 15 is 0 Å². The molecule has 6 rings (SSSR count). The van der Waals surface area contributed by atoms with Crippen LogP contribution in [0.25, 0.3) is 16.7 Å². The van der Waals surface area contributed by atoms with Crippen molar-refractivity contribution < 1.29 is 47.6 Å². The van der Waals surface area contributed by atoms with Crippen LogP contribution in [0.3, 0.4) is 0 Å². The summed E-state index contributed by atoms with van der Waals surface area (Å²) in [5, 5.41) is 0. The zero-order valence-corrected chi connectivity index (χ0v) is 22.6. The summed E-state index contributed by atoms with van der Waals surface area (Å²) < 4.78 is 3.21. The second kappa shape index (κ2) is 11.0. The van der Waals surface area contributed by atoms with E-state index < -0.39 is 22.8 Å². The fraction of sp³-hybridized carbons (Fsp3) is 0.0645. The summed E-state index contributed by atoms with van der Waals surface area (Å²) in [7, 11) is 0. The van der Waals surface area contributed by atoms with Gasteiger partial charge in [0, 0.05) is 0 Å². The summed E-state index contributed by atoms with van der Waals surface area (Å²) in [4.78, 5) is 0. The molecule has 0 saturated carbocycles. The van der Waals surface area contributed by atoms with Gasteiger partial charge in [0.15, 0.2) is 0 Å². The van der Waals surface area contributed by atoms with Gasteiger partial charge in [0.25, 0.3) is 0 Å². The van der Waals surface area contributed by atoms with E-state index in [0.717, 1.165) is 12.8 Å². The molecule has 0 spiro atoms. The third-order valence-electron chi connectivity index (χ3n) is 6.48. The second-order valence-corrected chi connectivity index (χ2v) is 11.5. The smallest absolute Gasteiger partial charge is 1.00 e. The van der Waals surface area contributed by atoms with Crippen LogP contribution in [0, 0.1) is 0 Å². The molecule has 0 bridgehead atoms. The van der Waals surface area contributed by atoms with Gasteiger partial charge in [-0.05, 0) is 0 Å². The maximum Gasteiger partial charge on any atom is -1.00 e. The average molecular weight is 558 g/mol. The van der Waals surface area contributed by atoms with Gasteiger partial charge in [-0.25, -0.2) is 0 Å². The quantitative estimate of drug-likeness (QED) is 0.304. The number of halogens is 2. The maximum absolute atomic E-state index is 2.41. The number of allylic oxidation sites excluding steroid dienone is 4. The van der Waals surface area contributed by atoms with E-state index in [2.05, 4.69) is 115 Å². The molecule has 0 heterocycles. The summed E-state index contributed by atoms with van der Waals surface area (Å²) in [5.74, 6) is 0. The van der Waals surface area contributed by atoms with Crippen molar-refractivity contribution in [1.29, 1.82) is 0 Å². The van der Waals surface area contributed by atoms with Crippen molar-refractivity contribution in [2.75, 3.05) is 0 Å². The fourth-order valence-electron chi connectivity index (χ4n) is 4.91. The van der Waals surface area contributed by atoms with E-state index in [1.807, 2.05) is 0 Å². The largest absolute Gasteiger partial charge is 1.00 e. The molecule has 0 nitrogen and oxygen atoms in total. The second-order valence-electron chi connectivity index (χ2n) is 8.40. The van der Waals surface area contributed by atoms with Gasteiger partial charge in [0.2, 0.25) is 0 Å². The predicted molar refractivity (Wildman–Crippen MR) is 132 cm³/mol. The zero-order chi connectivity index (χ0) is 21.3. The molecule has 0 radical (unpaired) electrons. The van der Waals surface area contributed by atoms with Gasteiger partial charge in [-0.2, -0.15) is 0 Å². The molecule has 4 aromatic rings. The molecule has 0 saturated heterocycles. The molecule has 2 aliphatic carbocycles. The van der Waals surface area contributed by atoms with E-state index in [0.29, 0.717) is 0 Å². The van der Waals surface area contributed by atoms with E-state index in [1.54, 1.807) is 12.0 Å². The Bertz CT molecular complexity index is 1360. The number of hydrogen-bond acceptors (Lipinski definition) is 0. The monoisotopic (exact) mass is 555 g/mol. The Kier molecular flexibility index (Phi) is 8.00. The number of fused-ring (bicyclic) bond motifs is 3. The Morgan fingerprint density at radius 1 is 0.618 bits per heavy atom. The average Bonchev–Trinajstić information content (AvgIpc) is 3.52. The van der Waals surface area contributed by atoms with Crippen LogP contribution >= 0.6 is 0 Å². The molecule has 0 aliphatic heterocycles.